The van der Waals surface area contributed by atoms with Gasteiger partial charge in [-0.15, -0.1) is 12.4 Å². The first-order valence-electron chi connectivity index (χ1n) is 12.3. The Bertz CT molecular complexity index is 1210. The molecule has 2 aromatic carbocycles. The molecule has 1 amide bonds. The highest BCUT2D eigenvalue weighted by Gasteiger charge is 2.44. The standard InChI is InChI=1S/C27H33N5O3.ClH.H2O/c1-34-22-17-20-21(18-23(22)35-2)29-26(30-24(20)28)32-15-13-31(14-16-32)25(33)27(11-7-4-8-12-27)19-9-5-3-6-10-19;;/h3,5-6,9-10,17-18H,4,7-8,11-16H2,1-2H3,(H2,28,29,30);1H;1H2. The van der Waals surface area contributed by atoms with Crippen molar-refractivity contribution < 1.29 is 19.7 Å². The van der Waals surface area contributed by atoms with Crippen molar-refractivity contribution in [3.8, 4) is 11.5 Å². The largest absolute Gasteiger partial charge is 0.493 e. The van der Waals surface area contributed by atoms with Gasteiger partial charge in [0.15, 0.2) is 11.5 Å². The van der Waals surface area contributed by atoms with E-state index in [4.69, 9.17) is 20.2 Å². The number of nitrogens with two attached hydrogens (primary N) is 1. The van der Waals surface area contributed by atoms with Gasteiger partial charge >= 0.3 is 0 Å². The summed E-state index contributed by atoms with van der Waals surface area (Å²) in [5.74, 6) is 2.42. The van der Waals surface area contributed by atoms with Crippen LogP contribution in [0.15, 0.2) is 42.5 Å². The van der Waals surface area contributed by atoms with Crippen LogP contribution in [0.5, 0.6) is 11.5 Å². The van der Waals surface area contributed by atoms with E-state index in [1.165, 1.54) is 6.42 Å². The number of methoxy groups -OCH3 is 2. The molecule has 10 heteroatoms. The van der Waals surface area contributed by atoms with Crippen LogP contribution in [-0.2, 0) is 10.2 Å². The minimum Gasteiger partial charge on any atom is -0.493 e. The van der Waals surface area contributed by atoms with Crippen LogP contribution in [0.2, 0.25) is 0 Å². The van der Waals surface area contributed by atoms with Gasteiger partial charge in [-0.05, 0) is 24.5 Å². The third-order valence-electron chi connectivity index (χ3n) is 7.51. The first-order chi connectivity index (χ1) is 17.1. The number of piperazine rings is 1. The Hall–Kier alpha value is -3.30. The van der Waals surface area contributed by atoms with Crippen molar-refractivity contribution in [2.75, 3.05) is 51.0 Å². The molecule has 3 aromatic rings. The fraction of sp³-hybridized carbons (Fsp3) is 0.444. The highest BCUT2D eigenvalue weighted by molar-refractivity contribution is 5.92. The molecule has 4 N–H and O–H groups in total. The predicted molar refractivity (Wildman–Crippen MR) is 148 cm³/mol. The summed E-state index contributed by atoms with van der Waals surface area (Å²) in [5, 5.41) is 0.724. The molecule has 1 aliphatic carbocycles. The first-order valence-corrected chi connectivity index (χ1v) is 12.3. The molecule has 0 spiro atoms. The highest BCUT2D eigenvalue weighted by atomic mass is 35.5. The Labute approximate surface area is 223 Å². The maximum atomic E-state index is 13.9. The van der Waals surface area contributed by atoms with Crippen molar-refractivity contribution in [1.29, 1.82) is 0 Å². The molecule has 1 aromatic heterocycles. The average molecular weight is 530 g/mol. The summed E-state index contributed by atoms with van der Waals surface area (Å²) in [6.07, 6.45) is 5.24. The second-order valence-corrected chi connectivity index (χ2v) is 9.42. The van der Waals surface area contributed by atoms with Gasteiger partial charge in [0.05, 0.1) is 25.2 Å². The van der Waals surface area contributed by atoms with E-state index in [0.29, 0.717) is 55.0 Å². The Morgan fingerprint density at radius 2 is 1.54 bits per heavy atom. The third kappa shape index (κ3) is 5.24. The number of nitrogen functional groups attached to an aromatic ring is 1. The smallest absolute Gasteiger partial charge is 0.233 e. The molecular formula is C27H36ClN5O4. The lowest BCUT2D eigenvalue weighted by Crippen LogP contribution is -2.55. The fourth-order valence-electron chi connectivity index (χ4n) is 5.56. The van der Waals surface area contributed by atoms with Gasteiger partial charge in [0.2, 0.25) is 11.9 Å². The maximum absolute atomic E-state index is 13.9. The van der Waals surface area contributed by atoms with Crippen molar-refractivity contribution in [3.63, 3.8) is 0 Å². The summed E-state index contributed by atoms with van der Waals surface area (Å²) in [6, 6.07) is 14.0. The van der Waals surface area contributed by atoms with Gasteiger partial charge in [-0.3, -0.25) is 4.79 Å². The van der Waals surface area contributed by atoms with Gasteiger partial charge in [-0.1, -0.05) is 49.6 Å². The van der Waals surface area contributed by atoms with E-state index in [9.17, 15) is 4.79 Å². The maximum Gasteiger partial charge on any atom is 0.233 e. The first kappa shape index (κ1) is 28.3. The van der Waals surface area contributed by atoms with Gasteiger partial charge in [0.25, 0.3) is 0 Å². The zero-order valence-corrected chi connectivity index (χ0v) is 22.2. The van der Waals surface area contributed by atoms with Crippen LogP contribution in [0.4, 0.5) is 11.8 Å². The van der Waals surface area contributed by atoms with E-state index in [1.807, 2.05) is 29.2 Å². The number of amides is 1. The Kier molecular flexibility index (Phi) is 9.04. The van der Waals surface area contributed by atoms with E-state index >= 15 is 0 Å². The molecule has 1 aliphatic heterocycles. The third-order valence-corrected chi connectivity index (χ3v) is 7.51. The number of halogens is 1. The lowest BCUT2D eigenvalue weighted by molar-refractivity contribution is -0.139. The van der Waals surface area contributed by atoms with E-state index in [-0.39, 0.29) is 23.8 Å². The molecule has 0 unspecified atom stereocenters. The fourth-order valence-corrected chi connectivity index (χ4v) is 5.56. The molecule has 2 heterocycles. The molecule has 1 saturated heterocycles. The number of carbonyl (C=O) groups excluding carboxylic acids is 1. The van der Waals surface area contributed by atoms with Gasteiger partial charge in [0.1, 0.15) is 5.82 Å². The van der Waals surface area contributed by atoms with Crippen molar-refractivity contribution in [3.05, 3.63) is 48.0 Å². The van der Waals surface area contributed by atoms with E-state index in [2.05, 4.69) is 22.0 Å². The van der Waals surface area contributed by atoms with E-state index in [1.54, 1.807) is 20.3 Å². The summed E-state index contributed by atoms with van der Waals surface area (Å²) in [7, 11) is 3.19. The number of anilines is 2. The zero-order valence-electron chi connectivity index (χ0n) is 21.4. The molecule has 0 bridgehead atoms. The second kappa shape index (κ2) is 11.8. The van der Waals surface area contributed by atoms with Crippen LogP contribution in [0.1, 0.15) is 37.7 Å². The number of rotatable bonds is 5. The predicted octanol–water partition coefficient (Wildman–Crippen LogP) is 3.38. The molecule has 9 nitrogen and oxygen atoms in total. The molecule has 2 aliphatic rings. The van der Waals surface area contributed by atoms with E-state index in [0.717, 1.165) is 36.6 Å². The normalized spacial score (nSPS) is 16.9. The lowest BCUT2D eigenvalue weighted by Gasteiger charge is -2.43. The summed E-state index contributed by atoms with van der Waals surface area (Å²) in [6.45, 7) is 2.60. The summed E-state index contributed by atoms with van der Waals surface area (Å²) in [5.41, 5.74) is 7.75. The molecule has 2 fully saturated rings. The van der Waals surface area contributed by atoms with Crippen LogP contribution in [0.3, 0.4) is 0 Å². The Balaban J connectivity index is 0.00000190. The monoisotopic (exact) mass is 529 g/mol. The van der Waals surface area contributed by atoms with E-state index < -0.39 is 5.41 Å². The SMILES string of the molecule is COc1cc2nc(N3CCN(C(=O)C4(c5ccccc5)CCCCC4)CC3)nc(N)c2cc1OC.Cl.O. The lowest BCUT2D eigenvalue weighted by atomic mass is 9.68. The average Bonchev–Trinajstić information content (AvgIpc) is 2.92. The molecule has 0 radical (unpaired) electrons. The van der Waals surface area contributed by atoms with Gasteiger partial charge in [-0.2, -0.15) is 4.98 Å². The molecule has 200 valence electrons. The summed E-state index contributed by atoms with van der Waals surface area (Å²) >= 11 is 0. The Morgan fingerprint density at radius 3 is 2.16 bits per heavy atom. The minimum absolute atomic E-state index is 0. The molecule has 0 atom stereocenters. The molecule has 5 rings (SSSR count). The number of hydrogen-bond donors (Lipinski definition) is 1. The van der Waals surface area contributed by atoms with Crippen molar-refractivity contribution in [2.45, 2.75) is 37.5 Å². The van der Waals surface area contributed by atoms with Crippen molar-refractivity contribution >= 4 is 41.0 Å². The highest BCUT2D eigenvalue weighted by Crippen LogP contribution is 2.41. The van der Waals surface area contributed by atoms with Crippen LogP contribution in [0, 0.1) is 0 Å². The van der Waals surface area contributed by atoms with Crippen LogP contribution in [-0.4, -0.2) is 66.6 Å². The minimum atomic E-state index is -0.402. The number of ether oxygens (including phenoxy) is 2. The quantitative estimate of drug-likeness (QED) is 0.537. The van der Waals surface area contributed by atoms with Gasteiger partial charge in [-0.25, -0.2) is 4.98 Å². The topological polar surface area (TPSA) is 125 Å². The molecule has 1 saturated carbocycles. The van der Waals surface area contributed by atoms with Crippen LogP contribution in [0.25, 0.3) is 10.9 Å². The van der Waals surface area contributed by atoms with Gasteiger partial charge in [0, 0.05) is 37.6 Å². The number of benzene rings is 2. The van der Waals surface area contributed by atoms with Crippen molar-refractivity contribution in [1.82, 2.24) is 14.9 Å². The number of carbonyl (C=O) groups is 1. The molecular weight excluding hydrogens is 494 g/mol. The summed E-state index contributed by atoms with van der Waals surface area (Å²) in [4.78, 5) is 27.4. The number of fused-ring (bicyclic) bond motifs is 1. The number of nitrogens with zero attached hydrogens (tertiary/aromatic N) is 4. The van der Waals surface area contributed by atoms with Gasteiger partial charge < -0.3 is 30.5 Å². The van der Waals surface area contributed by atoms with Crippen LogP contribution < -0.4 is 20.1 Å². The van der Waals surface area contributed by atoms with Crippen molar-refractivity contribution in [2.24, 2.45) is 0 Å². The zero-order chi connectivity index (χ0) is 24.4. The summed E-state index contributed by atoms with van der Waals surface area (Å²) < 4.78 is 10.8. The Morgan fingerprint density at radius 1 is 0.919 bits per heavy atom. The number of aromatic nitrogens is 2. The van der Waals surface area contributed by atoms with Crippen LogP contribution >= 0.6 is 12.4 Å². The second-order valence-electron chi connectivity index (χ2n) is 9.42. The molecule has 37 heavy (non-hydrogen) atoms. The number of hydrogen-bond acceptors (Lipinski definition) is 7.